The van der Waals surface area contributed by atoms with Crippen molar-refractivity contribution in [3.05, 3.63) is 53.4 Å². The molecule has 4 heterocycles. The van der Waals surface area contributed by atoms with Crippen LogP contribution in [0.5, 0.6) is 0 Å². The molecule has 8 nitrogen and oxygen atoms in total. The van der Waals surface area contributed by atoms with E-state index >= 15 is 0 Å². The molecule has 0 aromatic carbocycles. The first-order valence-electron chi connectivity index (χ1n) is 9.45. The van der Waals surface area contributed by atoms with Gasteiger partial charge in [0.1, 0.15) is 23.2 Å². The summed E-state index contributed by atoms with van der Waals surface area (Å²) in [5, 5.41) is 3.93. The van der Waals surface area contributed by atoms with E-state index < -0.39 is 0 Å². The Balaban J connectivity index is 1.42. The number of rotatable bonds is 4. The molecule has 146 valence electrons. The van der Waals surface area contributed by atoms with Crippen molar-refractivity contribution in [2.24, 2.45) is 0 Å². The van der Waals surface area contributed by atoms with E-state index in [9.17, 15) is 4.79 Å². The molecule has 3 aromatic heterocycles. The van der Waals surface area contributed by atoms with Crippen LogP contribution in [-0.2, 0) is 11.2 Å². The zero-order valence-electron chi connectivity index (χ0n) is 16.4. The van der Waals surface area contributed by atoms with Crippen molar-refractivity contribution in [1.29, 1.82) is 0 Å². The summed E-state index contributed by atoms with van der Waals surface area (Å²) in [5.74, 6) is 3.32. The SMILES string of the molecule is Cc1nc(N2CCN(C(=O)Cc3c(C)noc3C)CC2)cc(-n2cccc2)n1. The maximum Gasteiger partial charge on any atom is 0.227 e. The molecule has 1 saturated heterocycles. The summed E-state index contributed by atoms with van der Waals surface area (Å²) in [6.07, 6.45) is 4.28. The third-order valence-electron chi connectivity index (χ3n) is 5.15. The summed E-state index contributed by atoms with van der Waals surface area (Å²) in [7, 11) is 0. The van der Waals surface area contributed by atoms with Gasteiger partial charge in [-0.25, -0.2) is 9.97 Å². The van der Waals surface area contributed by atoms with Gasteiger partial charge in [-0.15, -0.1) is 0 Å². The van der Waals surface area contributed by atoms with Gasteiger partial charge in [-0.05, 0) is 32.9 Å². The van der Waals surface area contributed by atoms with E-state index in [0.29, 0.717) is 19.5 Å². The lowest BCUT2D eigenvalue weighted by Gasteiger charge is -2.35. The zero-order chi connectivity index (χ0) is 19.7. The Hall–Kier alpha value is -3.16. The molecular weight excluding hydrogens is 356 g/mol. The van der Waals surface area contributed by atoms with Crippen LogP contribution in [0.1, 0.15) is 22.8 Å². The molecule has 0 unspecified atom stereocenters. The van der Waals surface area contributed by atoms with Gasteiger partial charge in [0.2, 0.25) is 5.91 Å². The number of hydrogen-bond donors (Lipinski definition) is 0. The van der Waals surface area contributed by atoms with Crippen molar-refractivity contribution in [1.82, 2.24) is 24.6 Å². The number of carbonyl (C=O) groups is 1. The van der Waals surface area contributed by atoms with Crippen molar-refractivity contribution in [3.8, 4) is 5.82 Å². The number of hydrogen-bond acceptors (Lipinski definition) is 6. The summed E-state index contributed by atoms with van der Waals surface area (Å²) >= 11 is 0. The number of piperazine rings is 1. The summed E-state index contributed by atoms with van der Waals surface area (Å²) in [4.78, 5) is 25.9. The summed E-state index contributed by atoms with van der Waals surface area (Å²) < 4.78 is 7.14. The second kappa shape index (κ2) is 7.46. The molecule has 0 saturated carbocycles. The van der Waals surface area contributed by atoms with Gasteiger partial charge < -0.3 is 18.9 Å². The highest BCUT2D eigenvalue weighted by molar-refractivity contribution is 5.79. The number of carbonyl (C=O) groups excluding carboxylic acids is 1. The minimum absolute atomic E-state index is 0.112. The molecule has 8 heteroatoms. The summed E-state index contributed by atoms with van der Waals surface area (Å²) in [5.41, 5.74) is 1.69. The molecule has 0 N–H and O–H groups in total. The van der Waals surface area contributed by atoms with Crippen LogP contribution in [0.3, 0.4) is 0 Å². The molecule has 1 aliphatic rings. The van der Waals surface area contributed by atoms with Crippen LogP contribution in [-0.4, -0.2) is 56.7 Å². The molecule has 0 spiro atoms. The smallest absolute Gasteiger partial charge is 0.227 e. The number of aromatic nitrogens is 4. The van der Waals surface area contributed by atoms with Gasteiger partial charge in [-0.2, -0.15) is 0 Å². The second-order valence-corrected chi connectivity index (χ2v) is 7.07. The maximum atomic E-state index is 12.7. The van der Waals surface area contributed by atoms with Crippen LogP contribution in [0.25, 0.3) is 5.82 Å². The number of nitrogens with zero attached hydrogens (tertiary/aromatic N) is 6. The van der Waals surface area contributed by atoms with Gasteiger partial charge in [-0.3, -0.25) is 4.79 Å². The van der Waals surface area contributed by atoms with Crippen molar-refractivity contribution in [3.63, 3.8) is 0 Å². The van der Waals surface area contributed by atoms with E-state index in [0.717, 1.165) is 47.6 Å². The van der Waals surface area contributed by atoms with Crippen molar-refractivity contribution in [2.45, 2.75) is 27.2 Å². The standard InChI is InChI=1S/C20H24N6O2/c1-14-17(15(2)28-23-14)12-20(27)26-10-8-25(9-11-26)19-13-18(21-16(3)22-19)24-6-4-5-7-24/h4-7,13H,8-12H2,1-3H3. The van der Waals surface area contributed by atoms with Gasteiger partial charge in [0.25, 0.3) is 0 Å². The first kappa shape index (κ1) is 18.2. The normalized spacial score (nSPS) is 14.5. The summed E-state index contributed by atoms with van der Waals surface area (Å²) in [6, 6.07) is 5.94. The van der Waals surface area contributed by atoms with Gasteiger partial charge in [0.15, 0.2) is 0 Å². The second-order valence-electron chi connectivity index (χ2n) is 7.07. The highest BCUT2D eigenvalue weighted by atomic mass is 16.5. The minimum Gasteiger partial charge on any atom is -0.361 e. The molecule has 1 amide bonds. The van der Waals surface area contributed by atoms with E-state index in [1.807, 2.05) is 60.8 Å². The molecule has 4 rings (SSSR count). The fourth-order valence-corrected chi connectivity index (χ4v) is 3.52. The molecule has 1 fully saturated rings. The van der Waals surface area contributed by atoms with Crippen molar-refractivity contribution in [2.75, 3.05) is 31.1 Å². The van der Waals surface area contributed by atoms with Crippen LogP contribution in [0.4, 0.5) is 5.82 Å². The molecule has 3 aromatic rings. The molecule has 28 heavy (non-hydrogen) atoms. The van der Waals surface area contributed by atoms with E-state index in [-0.39, 0.29) is 5.91 Å². The van der Waals surface area contributed by atoms with Gasteiger partial charge in [-0.1, -0.05) is 5.16 Å². The van der Waals surface area contributed by atoms with Gasteiger partial charge in [0.05, 0.1) is 12.1 Å². The Kier molecular flexibility index (Phi) is 4.85. The Morgan fingerprint density at radius 2 is 1.71 bits per heavy atom. The zero-order valence-corrected chi connectivity index (χ0v) is 16.4. The topological polar surface area (TPSA) is 80.3 Å². The summed E-state index contributed by atoms with van der Waals surface area (Å²) in [6.45, 7) is 8.45. The number of anilines is 1. The van der Waals surface area contributed by atoms with Crippen LogP contribution in [0, 0.1) is 20.8 Å². The van der Waals surface area contributed by atoms with E-state index in [2.05, 4.69) is 20.0 Å². The van der Waals surface area contributed by atoms with Gasteiger partial charge in [0, 0.05) is 50.2 Å². The fraction of sp³-hybridized carbons (Fsp3) is 0.400. The highest BCUT2D eigenvalue weighted by Gasteiger charge is 2.24. The van der Waals surface area contributed by atoms with E-state index in [1.54, 1.807) is 0 Å². The first-order valence-corrected chi connectivity index (χ1v) is 9.45. The monoisotopic (exact) mass is 380 g/mol. The quantitative estimate of drug-likeness (QED) is 0.689. The molecule has 1 aliphatic heterocycles. The molecule has 0 bridgehead atoms. The van der Waals surface area contributed by atoms with Crippen molar-refractivity contribution >= 4 is 11.7 Å². The predicted molar refractivity (Wildman–Crippen MR) is 105 cm³/mol. The molecule has 0 atom stereocenters. The first-order chi connectivity index (χ1) is 13.5. The van der Waals surface area contributed by atoms with Crippen molar-refractivity contribution < 1.29 is 9.32 Å². The Bertz CT molecular complexity index is 951. The van der Waals surface area contributed by atoms with E-state index in [1.165, 1.54) is 0 Å². The van der Waals surface area contributed by atoms with Gasteiger partial charge >= 0.3 is 0 Å². The average Bonchev–Trinajstić information content (AvgIpc) is 3.34. The third kappa shape index (κ3) is 3.62. The molecule has 0 aliphatic carbocycles. The Labute approximate surface area is 163 Å². The van der Waals surface area contributed by atoms with Crippen LogP contribution >= 0.6 is 0 Å². The number of aryl methyl sites for hydroxylation is 3. The molecular formula is C20H24N6O2. The van der Waals surface area contributed by atoms with E-state index in [4.69, 9.17) is 4.52 Å². The Morgan fingerprint density at radius 3 is 2.36 bits per heavy atom. The maximum absolute atomic E-state index is 12.7. The third-order valence-corrected chi connectivity index (χ3v) is 5.15. The lowest BCUT2D eigenvalue weighted by molar-refractivity contribution is -0.130. The lowest BCUT2D eigenvalue weighted by Crippen LogP contribution is -2.49. The average molecular weight is 380 g/mol. The fourth-order valence-electron chi connectivity index (χ4n) is 3.52. The predicted octanol–water partition coefficient (Wildman–Crippen LogP) is 2.07. The molecule has 0 radical (unpaired) electrons. The number of amides is 1. The highest BCUT2D eigenvalue weighted by Crippen LogP contribution is 2.19. The van der Waals surface area contributed by atoms with Crippen LogP contribution < -0.4 is 4.90 Å². The van der Waals surface area contributed by atoms with Crippen LogP contribution in [0.15, 0.2) is 35.1 Å². The largest absolute Gasteiger partial charge is 0.361 e. The Morgan fingerprint density at radius 1 is 1.04 bits per heavy atom. The minimum atomic E-state index is 0.112. The van der Waals surface area contributed by atoms with Crippen LogP contribution in [0.2, 0.25) is 0 Å². The lowest BCUT2D eigenvalue weighted by atomic mass is 10.1.